The summed E-state index contributed by atoms with van der Waals surface area (Å²) in [7, 11) is 0. The number of nitrogens with zero attached hydrogens (tertiary/aromatic N) is 2. The molecule has 0 spiro atoms. The van der Waals surface area contributed by atoms with Gasteiger partial charge in [0.25, 0.3) is 5.91 Å². The van der Waals surface area contributed by atoms with Gasteiger partial charge in [-0.3, -0.25) is 4.79 Å². The molecule has 0 aliphatic carbocycles. The molecule has 27 heavy (non-hydrogen) atoms. The van der Waals surface area contributed by atoms with Gasteiger partial charge in [-0.15, -0.1) is 0 Å². The molecule has 2 rings (SSSR count). The van der Waals surface area contributed by atoms with Gasteiger partial charge in [0.15, 0.2) is 6.61 Å². The van der Waals surface area contributed by atoms with Gasteiger partial charge < -0.3 is 10.1 Å². The molecule has 0 saturated carbocycles. The summed E-state index contributed by atoms with van der Waals surface area (Å²) in [6.45, 7) is 9.35. The number of carbonyl (C=O) groups excluding carboxylic acids is 2. The monoisotopic (exact) mass is 369 g/mol. The number of amides is 1. The highest BCUT2D eigenvalue weighted by Gasteiger charge is 2.18. The van der Waals surface area contributed by atoms with Gasteiger partial charge in [-0.25, -0.2) is 9.48 Å². The number of hydrogen-bond acceptors (Lipinski definition) is 4. The number of benzene rings is 1. The lowest BCUT2D eigenvalue weighted by Crippen LogP contribution is -2.44. The molecular weight excluding hydrogens is 342 g/mol. The zero-order valence-electron chi connectivity index (χ0n) is 16.6. The summed E-state index contributed by atoms with van der Waals surface area (Å²) in [5.74, 6) is -0.876. The molecule has 0 aliphatic heterocycles. The van der Waals surface area contributed by atoms with Crippen LogP contribution in [-0.4, -0.2) is 33.8 Å². The van der Waals surface area contributed by atoms with Gasteiger partial charge in [0.1, 0.15) is 0 Å². The molecule has 1 aromatic heterocycles. The van der Waals surface area contributed by atoms with E-state index in [1.54, 1.807) is 6.08 Å². The van der Waals surface area contributed by atoms with E-state index in [0.717, 1.165) is 29.1 Å². The van der Waals surface area contributed by atoms with E-state index in [-0.39, 0.29) is 18.1 Å². The second-order valence-corrected chi connectivity index (χ2v) is 7.06. The number of rotatable bonds is 7. The lowest BCUT2D eigenvalue weighted by molar-refractivity contribution is -0.144. The molecule has 0 radical (unpaired) electrons. The number of esters is 1. The maximum Gasteiger partial charge on any atom is 0.331 e. The Labute approximate surface area is 160 Å². The van der Waals surface area contributed by atoms with Crippen LogP contribution in [0.25, 0.3) is 11.8 Å². The lowest BCUT2D eigenvalue weighted by atomic mass is 10.0. The Morgan fingerprint density at radius 3 is 2.52 bits per heavy atom. The van der Waals surface area contributed by atoms with Crippen LogP contribution in [0.2, 0.25) is 0 Å². The Bertz CT molecular complexity index is 836. The number of ether oxygens (including phenoxy) is 1. The van der Waals surface area contributed by atoms with Crippen LogP contribution in [0.5, 0.6) is 0 Å². The largest absolute Gasteiger partial charge is 0.452 e. The number of para-hydroxylation sites is 1. The van der Waals surface area contributed by atoms with Crippen molar-refractivity contribution in [1.29, 1.82) is 0 Å². The summed E-state index contributed by atoms with van der Waals surface area (Å²) in [5.41, 5.74) is 3.22. The van der Waals surface area contributed by atoms with Crippen molar-refractivity contribution >= 4 is 18.0 Å². The van der Waals surface area contributed by atoms with E-state index in [1.165, 1.54) is 6.08 Å². The van der Waals surface area contributed by atoms with E-state index in [4.69, 9.17) is 4.74 Å². The minimum atomic E-state index is -0.564. The molecule has 1 aromatic carbocycles. The van der Waals surface area contributed by atoms with E-state index < -0.39 is 5.97 Å². The van der Waals surface area contributed by atoms with Crippen molar-refractivity contribution in [3.05, 3.63) is 53.4 Å². The molecular formula is C21H27N3O3. The van der Waals surface area contributed by atoms with Crippen molar-refractivity contribution in [2.75, 3.05) is 6.61 Å². The molecule has 0 saturated heterocycles. The lowest BCUT2D eigenvalue weighted by Gasteiger charge is -2.24. The Hall–Kier alpha value is -2.89. The van der Waals surface area contributed by atoms with Gasteiger partial charge in [0, 0.05) is 22.9 Å². The van der Waals surface area contributed by atoms with Crippen LogP contribution in [0.3, 0.4) is 0 Å². The van der Waals surface area contributed by atoms with E-state index >= 15 is 0 Å². The van der Waals surface area contributed by atoms with E-state index in [2.05, 4.69) is 10.4 Å². The molecule has 0 aliphatic rings. The van der Waals surface area contributed by atoms with Crippen LogP contribution in [0.4, 0.5) is 0 Å². The van der Waals surface area contributed by atoms with Crippen LogP contribution >= 0.6 is 0 Å². The second-order valence-electron chi connectivity index (χ2n) is 7.06. The van der Waals surface area contributed by atoms with Crippen molar-refractivity contribution in [2.24, 2.45) is 0 Å². The van der Waals surface area contributed by atoms with Crippen molar-refractivity contribution in [1.82, 2.24) is 15.1 Å². The molecule has 6 heteroatoms. The first-order valence-electron chi connectivity index (χ1n) is 9.01. The highest BCUT2D eigenvalue weighted by molar-refractivity contribution is 5.89. The number of aryl methyl sites for hydroxylation is 1. The van der Waals surface area contributed by atoms with Crippen molar-refractivity contribution in [2.45, 2.75) is 46.6 Å². The SMILES string of the molecule is CCC(C)(C)NC(=O)COC(=O)/C=C/c1c(C)nn(-c2ccccc2)c1C. The van der Waals surface area contributed by atoms with Gasteiger partial charge in [-0.2, -0.15) is 5.10 Å². The summed E-state index contributed by atoms with van der Waals surface area (Å²) in [5, 5.41) is 7.35. The topological polar surface area (TPSA) is 73.2 Å². The van der Waals surface area contributed by atoms with Crippen LogP contribution in [0.1, 0.15) is 44.1 Å². The third kappa shape index (κ3) is 5.54. The Morgan fingerprint density at radius 1 is 1.22 bits per heavy atom. The predicted molar refractivity (Wildman–Crippen MR) is 106 cm³/mol. The van der Waals surface area contributed by atoms with Gasteiger partial charge in [0.2, 0.25) is 0 Å². The fourth-order valence-electron chi connectivity index (χ4n) is 2.55. The van der Waals surface area contributed by atoms with Gasteiger partial charge in [-0.05, 0) is 52.3 Å². The average molecular weight is 369 g/mol. The Morgan fingerprint density at radius 2 is 1.89 bits per heavy atom. The summed E-state index contributed by atoms with van der Waals surface area (Å²) in [6.07, 6.45) is 3.79. The maximum absolute atomic E-state index is 11.9. The molecule has 1 heterocycles. The first-order valence-corrected chi connectivity index (χ1v) is 9.01. The zero-order valence-corrected chi connectivity index (χ0v) is 16.6. The fourth-order valence-corrected chi connectivity index (χ4v) is 2.55. The maximum atomic E-state index is 11.9. The number of aromatic nitrogens is 2. The number of hydrogen-bond donors (Lipinski definition) is 1. The Kier molecular flexibility index (Phi) is 6.55. The van der Waals surface area contributed by atoms with Crippen LogP contribution < -0.4 is 5.32 Å². The van der Waals surface area contributed by atoms with E-state index in [9.17, 15) is 9.59 Å². The third-order valence-electron chi connectivity index (χ3n) is 4.44. The second kappa shape index (κ2) is 8.66. The van der Waals surface area contributed by atoms with Gasteiger partial charge >= 0.3 is 5.97 Å². The molecule has 0 fully saturated rings. The number of carbonyl (C=O) groups is 2. The molecule has 1 amide bonds. The smallest absolute Gasteiger partial charge is 0.331 e. The summed E-state index contributed by atoms with van der Waals surface area (Å²) < 4.78 is 6.86. The summed E-state index contributed by atoms with van der Waals surface area (Å²) in [4.78, 5) is 23.8. The molecule has 0 bridgehead atoms. The minimum Gasteiger partial charge on any atom is -0.452 e. The normalized spacial score (nSPS) is 11.6. The van der Waals surface area contributed by atoms with Crippen molar-refractivity contribution in [3.8, 4) is 5.69 Å². The molecule has 1 N–H and O–H groups in total. The highest BCUT2D eigenvalue weighted by Crippen LogP contribution is 2.19. The van der Waals surface area contributed by atoms with Crippen LogP contribution in [0.15, 0.2) is 36.4 Å². The minimum absolute atomic E-state index is 0.298. The van der Waals surface area contributed by atoms with Gasteiger partial charge in [-0.1, -0.05) is 25.1 Å². The quantitative estimate of drug-likeness (QED) is 0.600. The van der Waals surface area contributed by atoms with Crippen molar-refractivity contribution in [3.63, 3.8) is 0 Å². The predicted octanol–water partition coefficient (Wildman–Crippen LogP) is 3.35. The highest BCUT2D eigenvalue weighted by atomic mass is 16.5. The standard InChI is InChI=1S/C21H27N3O3/c1-6-21(4,5)22-19(25)14-27-20(26)13-12-18-15(2)23-24(16(18)3)17-10-8-7-9-11-17/h7-13H,6,14H2,1-5H3,(H,22,25)/b13-12+. The molecule has 6 nitrogen and oxygen atoms in total. The number of nitrogens with one attached hydrogen (secondary N) is 1. The molecule has 0 atom stereocenters. The Balaban J connectivity index is 2.01. The van der Waals surface area contributed by atoms with Crippen LogP contribution in [0, 0.1) is 13.8 Å². The summed E-state index contributed by atoms with van der Waals surface area (Å²) in [6, 6.07) is 9.78. The molecule has 2 aromatic rings. The van der Waals surface area contributed by atoms with E-state index in [0.29, 0.717) is 0 Å². The third-order valence-corrected chi connectivity index (χ3v) is 4.44. The van der Waals surface area contributed by atoms with E-state index in [1.807, 2.05) is 69.6 Å². The van der Waals surface area contributed by atoms with Crippen molar-refractivity contribution < 1.29 is 14.3 Å². The summed E-state index contributed by atoms with van der Waals surface area (Å²) >= 11 is 0. The molecule has 144 valence electrons. The fraction of sp³-hybridized carbons (Fsp3) is 0.381. The zero-order chi connectivity index (χ0) is 20.0. The first-order chi connectivity index (χ1) is 12.7. The average Bonchev–Trinajstić information content (AvgIpc) is 2.92. The first kappa shape index (κ1) is 20.4. The van der Waals surface area contributed by atoms with Gasteiger partial charge in [0.05, 0.1) is 11.4 Å². The van der Waals surface area contributed by atoms with Crippen LogP contribution in [-0.2, 0) is 14.3 Å². The molecule has 0 unspecified atom stereocenters.